The minimum atomic E-state index is -0.375. The van der Waals surface area contributed by atoms with E-state index in [-0.39, 0.29) is 42.0 Å². The fraction of sp³-hybridized carbons (Fsp3) is 0.467. The Morgan fingerprint density at radius 3 is 2.45 bits per heavy atom. The summed E-state index contributed by atoms with van der Waals surface area (Å²) in [5.74, 6) is 0.126. The van der Waals surface area contributed by atoms with Crippen LogP contribution in [0.15, 0.2) is 24.3 Å². The van der Waals surface area contributed by atoms with Crippen LogP contribution in [0.2, 0.25) is 0 Å². The lowest BCUT2D eigenvalue weighted by Gasteiger charge is -2.52. The molecular formula is C15H20N4O3. The lowest BCUT2D eigenvalue weighted by Crippen LogP contribution is -2.71. The van der Waals surface area contributed by atoms with Crippen molar-refractivity contribution >= 4 is 12.1 Å². The van der Waals surface area contributed by atoms with Gasteiger partial charge in [0.05, 0.1) is 6.04 Å². The number of benzene rings is 1. The number of amides is 4. The summed E-state index contributed by atoms with van der Waals surface area (Å²) in [5, 5.41) is 15.6. The first-order valence-corrected chi connectivity index (χ1v) is 7.25. The van der Waals surface area contributed by atoms with E-state index in [1.165, 1.54) is 4.90 Å². The van der Waals surface area contributed by atoms with Gasteiger partial charge in [-0.25, -0.2) is 9.59 Å². The molecule has 2 heterocycles. The Kier molecular flexibility index (Phi) is 3.35. The summed E-state index contributed by atoms with van der Waals surface area (Å²) in [6.45, 7) is 1.93. The molecule has 22 heavy (non-hydrogen) atoms. The molecule has 7 heteroatoms. The maximum atomic E-state index is 12.3. The highest BCUT2D eigenvalue weighted by Gasteiger charge is 2.49. The van der Waals surface area contributed by atoms with Gasteiger partial charge in [0.1, 0.15) is 11.9 Å². The molecule has 0 aromatic heterocycles. The summed E-state index contributed by atoms with van der Waals surface area (Å²) in [6, 6.07) is 6.14. The van der Waals surface area contributed by atoms with Gasteiger partial charge in [0, 0.05) is 26.1 Å². The number of phenols is 1. The first-order valence-electron chi connectivity index (χ1n) is 7.25. The molecular weight excluding hydrogens is 284 g/mol. The molecule has 0 aliphatic carbocycles. The largest absolute Gasteiger partial charge is 0.508 e. The number of fused-ring (bicyclic) bond motifs is 1. The van der Waals surface area contributed by atoms with Gasteiger partial charge in [-0.3, -0.25) is 0 Å². The molecule has 3 rings (SSSR count). The van der Waals surface area contributed by atoms with Crippen molar-refractivity contribution in [3.8, 4) is 5.75 Å². The predicted octanol–water partition coefficient (Wildman–Crippen LogP) is 1.07. The number of hydrogen-bond donors (Lipinski definition) is 3. The van der Waals surface area contributed by atoms with Crippen molar-refractivity contribution in [1.29, 1.82) is 0 Å². The normalized spacial score (nSPS) is 31.4. The average molecular weight is 304 g/mol. The van der Waals surface area contributed by atoms with Gasteiger partial charge in [0.25, 0.3) is 0 Å². The van der Waals surface area contributed by atoms with E-state index in [4.69, 9.17) is 0 Å². The Morgan fingerprint density at radius 1 is 1.09 bits per heavy atom. The number of hydrogen-bond acceptors (Lipinski definition) is 3. The van der Waals surface area contributed by atoms with Crippen LogP contribution in [0.3, 0.4) is 0 Å². The Bertz CT molecular complexity index is 621. The minimum absolute atomic E-state index is 0.0350. The molecule has 0 spiro atoms. The summed E-state index contributed by atoms with van der Waals surface area (Å²) in [4.78, 5) is 27.4. The summed E-state index contributed by atoms with van der Waals surface area (Å²) in [5.41, 5.74) is 0.851. The van der Waals surface area contributed by atoms with E-state index in [0.717, 1.165) is 5.56 Å². The van der Waals surface area contributed by atoms with Crippen LogP contribution in [0.1, 0.15) is 18.5 Å². The number of phenolic OH excluding ortho intramolecular Hbond substituents is 1. The molecule has 1 aromatic rings. The number of carbonyl (C=O) groups excluding carboxylic acids is 2. The molecule has 0 saturated carbocycles. The van der Waals surface area contributed by atoms with E-state index in [0.29, 0.717) is 0 Å². The molecule has 0 radical (unpaired) electrons. The molecule has 2 aliphatic rings. The number of aromatic hydroxyl groups is 1. The number of nitrogens with one attached hydrogen (secondary N) is 2. The molecule has 3 N–H and O–H groups in total. The van der Waals surface area contributed by atoms with E-state index >= 15 is 0 Å². The van der Waals surface area contributed by atoms with E-state index in [9.17, 15) is 14.7 Å². The van der Waals surface area contributed by atoms with Crippen LogP contribution < -0.4 is 10.6 Å². The van der Waals surface area contributed by atoms with E-state index in [2.05, 4.69) is 10.6 Å². The quantitative estimate of drug-likeness (QED) is 0.725. The van der Waals surface area contributed by atoms with Gasteiger partial charge in [-0.05, 0) is 24.6 Å². The number of rotatable bonds is 1. The monoisotopic (exact) mass is 304 g/mol. The molecule has 4 atom stereocenters. The van der Waals surface area contributed by atoms with Crippen LogP contribution in [0.5, 0.6) is 5.75 Å². The van der Waals surface area contributed by atoms with Crippen molar-refractivity contribution in [3.63, 3.8) is 0 Å². The highest BCUT2D eigenvalue weighted by atomic mass is 16.3. The van der Waals surface area contributed by atoms with E-state index < -0.39 is 0 Å². The zero-order chi connectivity index (χ0) is 16.0. The van der Waals surface area contributed by atoms with Gasteiger partial charge < -0.3 is 25.5 Å². The van der Waals surface area contributed by atoms with Crippen LogP contribution in [0.25, 0.3) is 0 Å². The zero-order valence-corrected chi connectivity index (χ0v) is 12.8. The molecule has 2 fully saturated rings. The second kappa shape index (κ2) is 5.08. The molecule has 4 amide bonds. The number of urea groups is 2. The molecule has 1 aromatic carbocycles. The van der Waals surface area contributed by atoms with Gasteiger partial charge in [-0.1, -0.05) is 12.1 Å². The highest BCUT2D eigenvalue weighted by Crippen LogP contribution is 2.38. The van der Waals surface area contributed by atoms with Crippen LogP contribution in [0, 0.1) is 5.92 Å². The maximum absolute atomic E-state index is 12.3. The maximum Gasteiger partial charge on any atom is 0.319 e. The summed E-state index contributed by atoms with van der Waals surface area (Å²) in [7, 11) is 3.40. The van der Waals surface area contributed by atoms with Crippen LogP contribution >= 0.6 is 0 Å². The molecule has 2 aliphatic heterocycles. The van der Waals surface area contributed by atoms with Crippen LogP contribution in [0.4, 0.5) is 9.59 Å². The standard InChI is InChI=1S/C15H20N4O3/c1-8-11-12(9-5-4-6-10(20)7-9)18(2)15(22)17-13(11)19(3)14(21)16-8/h4-8,11-13,20H,1-3H3,(H,16,21)(H,17,22)/t8-,11+,12-,13-/m0/s1. The van der Waals surface area contributed by atoms with Crippen LogP contribution in [-0.4, -0.2) is 53.3 Å². The molecule has 0 bridgehead atoms. The third-order valence-electron chi connectivity index (χ3n) is 4.62. The van der Waals surface area contributed by atoms with Gasteiger partial charge in [-0.15, -0.1) is 0 Å². The zero-order valence-electron chi connectivity index (χ0n) is 12.8. The second-order valence-corrected chi connectivity index (χ2v) is 5.97. The number of nitrogens with zero attached hydrogens (tertiary/aromatic N) is 2. The summed E-state index contributed by atoms with van der Waals surface area (Å²) in [6.07, 6.45) is -0.375. The van der Waals surface area contributed by atoms with Crippen molar-refractivity contribution in [2.75, 3.05) is 14.1 Å². The topological polar surface area (TPSA) is 84.9 Å². The fourth-order valence-corrected chi connectivity index (χ4v) is 3.46. The van der Waals surface area contributed by atoms with Crippen LogP contribution in [-0.2, 0) is 0 Å². The first kappa shape index (κ1) is 14.5. The summed E-state index contributed by atoms with van der Waals surface area (Å²) < 4.78 is 0. The van der Waals surface area contributed by atoms with Crippen molar-refractivity contribution in [1.82, 2.24) is 20.4 Å². The Labute approximate surface area is 128 Å². The van der Waals surface area contributed by atoms with E-state index in [1.54, 1.807) is 37.2 Å². The smallest absolute Gasteiger partial charge is 0.319 e. The van der Waals surface area contributed by atoms with Gasteiger partial charge in [0.15, 0.2) is 0 Å². The van der Waals surface area contributed by atoms with Crippen molar-refractivity contribution in [2.45, 2.75) is 25.2 Å². The predicted molar refractivity (Wildman–Crippen MR) is 80.2 cm³/mol. The lowest BCUT2D eigenvalue weighted by molar-refractivity contribution is 0.0247. The fourth-order valence-electron chi connectivity index (χ4n) is 3.46. The first-order chi connectivity index (χ1) is 10.4. The van der Waals surface area contributed by atoms with Crippen molar-refractivity contribution in [3.05, 3.63) is 29.8 Å². The SMILES string of the molecule is C[C@@H]1NC(=O)N(C)[C@@H]2NC(=O)N(C)[C@@H](c3cccc(O)c3)[C@@H]12. The van der Waals surface area contributed by atoms with Gasteiger partial charge in [-0.2, -0.15) is 0 Å². The number of carbonyl (C=O) groups is 2. The Balaban J connectivity index is 2.05. The summed E-state index contributed by atoms with van der Waals surface area (Å²) >= 11 is 0. The third-order valence-corrected chi connectivity index (χ3v) is 4.62. The minimum Gasteiger partial charge on any atom is -0.508 e. The molecule has 2 saturated heterocycles. The highest BCUT2D eigenvalue weighted by molar-refractivity contribution is 5.80. The molecule has 118 valence electrons. The van der Waals surface area contributed by atoms with E-state index in [1.807, 2.05) is 13.0 Å². The average Bonchev–Trinajstić information content (AvgIpc) is 2.47. The Morgan fingerprint density at radius 2 is 1.77 bits per heavy atom. The lowest BCUT2D eigenvalue weighted by atomic mass is 9.81. The Hall–Kier alpha value is -2.44. The van der Waals surface area contributed by atoms with Gasteiger partial charge >= 0.3 is 12.1 Å². The van der Waals surface area contributed by atoms with Crippen molar-refractivity contribution < 1.29 is 14.7 Å². The molecule has 0 unspecified atom stereocenters. The second-order valence-electron chi connectivity index (χ2n) is 5.97. The molecule has 7 nitrogen and oxygen atoms in total. The third kappa shape index (κ3) is 2.13. The van der Waals surface area contributed by atoms with Crippen molar-refractivity contribution in [2.24, 2.45) is 5.92 Å². The van der Waals surface area contributed by atoms with Gasteiger partial charge in [0.2, 0.25) is 0 Å².